The highest BCUT2D eigenvalue weighted by atomic mass is 32.1. The molecule has 3 nitrogen and oxygen atoms in total. The summed E-state index contributed by atoms with van der Waals surface area (Å²) in [7, 11) is 0. The lowest BCUT2D eigenvalue weighted by molar-refractivity contribution is 0.187. The third-order valence-corrected chi connectivity index (χ3v) is 3.73. The number of rotatable bonds is 5. The van der Waals surface area contributed by atoms with Gasteiger partial charge in [-0.3, -0.25) is 0 Å². The van der Waals surface area contributed by atoms with Gasteiger partial charge >= 0.3 is 0 Å². The zero-order valence-corrected chi connectivity index (χ0v) is 11.8. The monoisotopic (exact) mass is 280 g/mol. The third kappa shape index (κ3) is 3.83. The molecule has 0 atom stereocenters. The Morgan fingerprint density at radius 1 is 1.32 bits per heavy atom. The van der Waals surface area contributed by atoms with E-state index in [1.54, 1.807) is 12.1 Å². The number of thiazole rings is 1. The van der Waals surface area contributed by atoms with E-state index in [0.29, 0.717) is 6.54 Å². The van der Waals surface area contributed by atoms with Crippen molar-refractivity contribution in [1.29, 1.82) is 0 Å². The molecular formula is C14H17FN2OS. The number of halogens is 1. The van der Waals surface area contributed by atoms with Crippen molar-refractivity contribution in [2.75, 3.05) is 6.61 Å². The van der Waals surface area contributed by atoms with E-state index in [-0.39, 0.29) is 18.0 Å². The van der Waals surface area contributed by atoms with Crippen LogP contribution in [-0.2, 0) is 6.54 Å². The van der Waals surface area contributed by atoms with Crippen LogP contribution in [0.2, 0.25) is 0 Å². The molecular weight excluding hydrogens is 263 g/mol. The van der Waals surface area contributed by atoms with Crippen molar-refractivity contribution in [3.05, 3.63) is 41.2 Å². The Kier molecular flexibility index (Phi) is 4.29. The first-order valence-electron chi connectivity index (χ1n) is 6.06. The zero-order valence-electron chi connectivity index (χ0n) is 11.0. The van der Waals surface area contributed by atoms with Crippen molar-refractivity contribution in [3.8, 4) is 10.6 Å². The molecule has 0 amide bonds. The fourth-order valence-corrected chi connectivity index (χ4v) is 2.32. The van der Waals surface area contributed by atoms with E-state index < -0.39 is 0 Å². The number of hydrogen-bond donors (Lipinski definition) is 2. The summed E-state index contributed by atoms with van der Waals surface area (Å²) in [5.74, 6) is -0.244. The summed E-state index contributed by atoms with van der Waals surface area (Å²) in [5.41, 5.74) is 1.52. The molecule has 1 aromatic heterocycles. The van der Waals surface area contributed by atoms with Crippen molar-refractivity contribution in [3.63, 3.8) is 0 Å². The molecule has 1 aromatic carbocycles. The second-order valence-electron chi connectivity index (χ2n) is 5.05. The zero-order chi connectivity index (χ0) is 13.9. The van der Waals surface area contributed by atoms with Crippen LogP contribution in [0.3, 0.4) is 0 Å². The molecule has 19 heavy (non-hydrogen) atoms. The third-order valence-electron chi connectivity index (χ3n) is 2.79. The van der Waals surface area contributed by atoms with Crippen molar-refractivity contribution in [2.45, 2.75) is 25.9 Å². The maximum atomic E-state index is 12.8. The van der Waals surface area contributed by atoms with Gasteiger partial charge in [-0.05, 0) is 38.1 Å². The average Bonchev–Trinajstić information content (AvgIpc) is 2.86. The van der Waals surface area contributed by atoms with Crippen molar-refractivity contribution in [2.24, 2.45) is 0 Å². The van der Waals surface area contributed by atoms with Gasteiger partial charge in [0.05, 0.1) is 12.3 Å². The molecule has 2 aromatic rings. The van der Waals surface area contributed by atoms with Gasteiger partial charge in [-0.2, -0.15) is 0 Å². The number of nitrogens with zero attached hydrogens (tertiary/aromatic N) is 1. The van der Waals surface area contributed by atoms with Crippen LogP contribution in [0.5, 0.6) is 0 Å². The normalized spacial score (nSPS) is 11.8. The van der Waals surface area contributed by atoms with Crippen LogP contribution in [0.15, 0.2) is 29.6 Å². The molecule has 5 heteroatoms. The summed E-state index contributed by atoms with van der Waals surface area (Å²) >= 11 is 1.53. The van der Waals surface area contributed by atoms with Crippen LogP contribution in [0, 0.1) is 5.82 Å². The predicted molar refractivity (Wildman–Crippen MR) is 75.5 cm³/mol. The number of aliphatic hydroxyl groups is 1. The number of aliphatic hydroxyl groups excluding tert-OH is 1. The van der Waals surface area contributed by atoms with Crippen molar-refractivity contribution >= 4 is 11.3 Å². The molecule has 0 bridgehead atoms. The van der Waals surface area contributed by atoms with Crippen LogP contribution < -0.4 is 5.32 Å². The first kappa shape index (κ1) is 14.1. The van der Waals surface area contributed by atoms with Crippen molar-refractivity contribution < 1.29 is 9.50 Å². The van der Waals surface area contributed by atoms with Gasteiger partial charge in [0.25, 0.3) is 0 Å². The lowest BCUT2D eigenvalue weighted by Gasteiger charge is -2.22. The Morgan fingerprint density at radius 2 is 2.00 bits per heavy atom. The van der Waals surface area contributed by atoms with E-state index in [9.17, 15) is 4.39 Å². The summed E-state index contributed by atoms with van der Waals surface area (Å²) < 4.78 is 12.8. The van der Waals surface area contributed by atoms with Gasteiger partial charge in [0, 0.05) is 23.0 Å². The number of benzene rings is 1. The van der Waals surface area contributed by atoms with E-state index in [2.05, 4.69) is 10.3 Å². The second kappa shape index (κ2) is 5.77. The second-order valence-corrected chi connectivity index (χ2v) is 5.90. The van der Waals surface area contributed by atoms with Gasteiger partial charge < -0.3 is 10.4 Å². The lowest BCUT2D eigenvalue weighted by Crippen LogP contribution is -2.42. The molecule has 0 aliphatic rings. The fourth-order valence-electron chi connectivity index (χ4n) is 1.50. The molecule has 0 radical (unpaired) electrons. The van der Waals surface area contributed by atoms with E-state index in [4.69, 9.17) is 5.11 Å². The minimum atomic E-state index is -0.320. The quantitative estimate of drug-likeness (QED) is 0.885. The van der Waals surface area contributed by atoms with Gasteiger partial charge in [-0.25, -0.2) is 9.37 Å². The minimum Gasteiger partial charge on any atom is -0.394 e. The Labute approximate surface area is 116 Å². The Bertz CT molecular complexity index is 537. The summed E-state index contributed by atoms with van der Waals surface area (Å²) in [6.07, 6.45) is 0. The Balaban J connectivity index is 2.05. The molecule has 0 saturated heterocycles. The highest BCUT2D eigenvalue weighted by Gasteiger charge is 2.15. The highest BCUT2D eigenvalue weighted by Crippen LogP contribution is 2.24. The number of aromatic nitrogens is 1. The SMILES string of the molecule is CC(C)(CO)NCc1csc(-c2ccc(F)cc2)n1. The van der Waals surface area contributed by atoms with Crippen LogP contribution in [0.25, 0.3) is 10.6 Å². The van der Waals surface area contributed by atoms with Crippen LogP contribution in [0.1, 0.15) is 19.5 Å². The molecule has 0 spiro atoms. The van der Waals surface area contributed by atoms with Crippen molar-refractivity contribution in [1.82, 2.24) is 10.3 Å². The topological polar surface area (TPSA) is 45.1 Å². The molecule has 0 fully saturated rings. The van der Waals surface area contributed by atoms with Crippen LogP contribution in [-0.4, -0.2) is 22.2 Å². The maximum Gasteiger partial charge on any atom is 0.123 e. The van der Waals surface area contributed by atoms with Crippen LogP contribution >= 0.6 is 11.3 Å². The van der Waals surface area contributed by atoms with E-state index in [0.717, 1.165) is 16.3 Å². The molecule has 0 aliphatic carbocycles. The van der Waals surface area contributed by atoms with Gasteiger partial charge in [0.15, 0.2) is 0 Å². The first-order valence-corrected chi connectivity index (χ1v) is 6.94. The Hall–Kier alpha value is -1.30. The minimum absolute atomic E-state index is 0.0714. The van der Waals surface area contributed by atoms with Crippen LogP contribution in [0.4, 0.5) is 4.39 Å². The molecule has 1 heterocycles. The van der Waals surface area contributed by atoms with E-state index in [1.165, 1.54) is 23.5 Å². The molecule has 0 saturated carbocycles. The molecule has 2 N–H and O–H groups in total. The van der Waals surface area contributed by atoms with Gasteiger partial charge in [-0.1, -0.05) is 0 Å². The Morgan fingerprint density at radius 3 is 2.63 bits per heavy atom. The fraction of sp³-hybridized carbons (Fsp3) is 0.357. The van der Waals surface area contributed by atoms with E-state index >= 15 is 0 Å². The van der Waals surface area contributed by atoms with Gasteiger partial charge in [0.1, 0.15) is 10.8 Å². The summed E-state index contributed by atoms with van der Waals surface area (Å²) in [5, 5.41) is 15.2. The molecule has 0 unspecified atom stereocenters. The largest absolute Gasteiger partial charge is 0.394 e. The van der Waals surface area contributed by atoms with Gasteiger partial charge in [0.2, 0.25) is 0 Å². The van der Waals surface area contributed by atoms with Gasteiger partial charge in [-0.15, -0.1) is 11.3 Å². The smallest absolute Gasteiger partial charge is 0.123 e. The highest BCUT2D eigenvalue weighted by molar-refractivity contribution is 7.13. The average molecular weight is 280 g/mol. The maximum absolute atomic E-state index is 12.8. The lowest BCUT2D eigenvalue weighted by atomic mass is 10.1. The summed E-state index contributed by atoms with van der Waals surface area (Å²) in [6, 6.07) is 6.32. The standard InChI is InChI=1S/C14H17FN2OS/c1-14(2,9-18)16-7-12-8-19-13(17-12)10-3-5-11(15)6-4-10/h3-6,8,16,18H,7,9H2,1-2H3. The van der Waals surface area contributed by atoms with E-state index in [1.807, 2.05) is 19.2 Å². The molecule has 0 aliphatic heterocycles. The number of nitrogens with one attached hydrogen (secondary N) is 1. The predicted octanol–water partition coefficient (Wildman–Crippen LogP) is 2.81. The summed E-state index contributed by atoms with van der Waals surface area (Å²) in [4.78, 5) is 4.50. The summed E-state index contributed by atoms with van der Waals surface area (Å²) in [6.45, 7) is 4.54. The first-order chi connectivity index (χ1) is 9.00. The molecule has 2 rings (SSSR count). The molecule has 102 valence electrons. The number of hydrogen-bond acceptors (Lipinski definition) is 4.